The van der Waals surface area contributed by atoms with Gasteiger partial charge in [0.1, 0.15) is 0 Å². The summed E-state index contributed by atoms with van der Waals surface area (Å²) in [6, 6.07) is 0.114. The molecule has 0 radical (unpaired) electrons. The summed E-state index contributed by atoms with van der Waals surface area (Å²) in [7, 11) is 0. The number of aliphatic hydroxyl groups is 1. The lowest BCUT2D eigenvalue weighted by Crippen LogP contribution is -2.48. The van der Waals surface area contributed by atoms with E-state index in [-0.39, 0.29) is 18.1 Å². The SMILES string of the molecule is CCOC(=O)CN1CCCCC1C(C)O. The van der Waals surface area contributed by atoms with Crippen molar-refractivity contribution in [3.63, 3.8) is 0 Å². The van der Waals surface area contributed by atoms with Gasteiger partial charge in [0.15, 0.2) is 0 Å². The summed E-state index contributed by atoms with van der Waals surface area (Å²) in [5, 5.41) is 9.60. The van der Waals surface area contributed by atoms with Crippen LogP contribution in [0.5, 0.6) is 0 Å². The Morgan fingerprint density at radius 2 is 2.33 bits per heavy atom. The Bertz CT molecular complexity index is 206. The summed E-state index contributed by atoms with van der Waals surface area (Å²) in [5.74, 6) is -0.190. The second kappa shape index (κ2) is 6.08. The first-order chi connectivity index (χ1) is 7.15. The summed E-state index contributed by atoms with van der Waals surface area (Å²) >= 11 is 0. The van der Waals surface area contributed by atoms with Crippen molar-refractivity contribution in [2.75, 3.05) is 19.7 Å². The van der Waals surface area contributed by atoms with Crippen LogP contribution >= 0.6 is 0 Å². The minimum Gasteiger partial charge on any atom is -0.465 e. The minimum absolute atomic E-state index is 0.114. The summed E-state index contributed by atoms with van der Waals surface area (Å²) in [4.78, 5) is 13.4. The molecule has 1 heterocycles. The largest absolute Gasteiger partial charge is 0.465 e. The molecule has 0 spiro atoms. The van der Waals surface area contributed by atoms with Crippen LogP contribution < -0.4 is 0 Å². The first-order valence-corrected chi connectivity index (χ1v) is 5.73. The van der Waals surface area contributed by atoms with Crippen molar-refractivity contribution in [1.29, 1.82) is 0 Å². The molecule has 2 atom stereocenters. The molecule has 1 saturated heterocycles. The Morgan fingerprint density at radius 3 is 2.93 bits per heavy atom. The highest BCUT2D eigenvalue weighted by Crippen LogP contribution is 2.19. The van der Waals surface area contributed by atoms with Gasteiger partial charge in [-0.15, -0.1) is 0 Å². The minimum atomic E-state index is -0.375. The van der Waals surface area contributed by atoms with Crippen LogP contribution in [0, 0.1) is 0 Å². The van der Waals surface area contributed by atoms with E-state index in [1.54, 1.807) is 13.8 Å². The third kappa shape index (κ3) is 3.80. The van der Waals surface area contributed by atoms with E-state index in [1.807, 2.05) is 4.90 Å². The maximum atomic E-state index is 11.3. The van der Waals surface area contributed by atoms with Crippen LogP contribution in [0.15, 0.2) is 0 Å². The van der Waals surface area contributed by atoms with Crippen molar-refractivity contribution < 1.29 is 14.6 Å². The Hall–Kier alpha value is -0.610. The number of piperidine rings is 1. The van der Waals surface area contributed by atoms with Gasteiger partial charge in [-0.25, -0.2) is 0 Å². The molecule has 0 aromatic rings. The highest BCUT2D eigenvalue weighted by atomic mass is 16.5. The van der Waals surface area contributed by atoms with Crippen LogP contribution in [0.3, 0.4) is 0 Å². The number of carbonyl (C=O) groups excluding carboxylic acids is 1. The molecule has 1 aliphatic heterocycles. The van der Waals surface area contributed by atoms with E-state index in [0.717, 1.165) is 25.8 Å². The van der Waals surface area contributed by atoms with Gasteiger partial charge in [-0.1, -0.05) is 6.42 Å². The predicted molar refractivity (Wildman–Crippen MR) is 57.5 cm³/mol. The Balaban J connectivity index is 2.45. The number of carbonyl (C=O) groups is 1. The molecule has 0 amide bonds. The van der Waals surface area contributed by atoms with Gasteiger partial charge < -0.3 is 9.84 Å². The molecule has 0 aromatic heterocycles. The molecule has 0 aromatic carbocycles. The van der Waals surface area contributed by atoms with Crippen molar-refractivity contribution in [2.24, 2.45) is 0 Å². The summed E-state index contributed by atoms with van der Waals surface area (Å²) in [5.41, 5.74) is 0. The number of hydrogen-bond acceptors (Lipinski definition) is 4. The van der Waals surface area contributed by atoms with E-state index in [0.29, 0.717) is 13.2 Å². The third-order valence-electron chi connectivity index (χ3n) is 2.86. The van der Waals surface area contributed by atoms with Gasteiger partial charge in [-0.3, -0.25) is 9.69 Å². The number of aliphatic hydroxyl groups excluding tert-OH is 1. The van der Waals surface area contributed by atoms with Gasteiger partial charge in [0, 0.05) is 6.04 Å². The number of likely N-dealkylation sites (tertiary alicyclic amines) is 1. The van der Waals surface area contributed by atoms with Crippen LogP contribution in [-0.2, 0) is 9.53 Å². The Kier molecular flexibility index (Phi) is 5.05. The molecule has 0 bridgehead atoms. The Morgan fingerprint density at radius 1 is 1.60 bits per heavy atom. The molecule has 1 fully saturated rings. The second-order valence-corrected chi connectivity index (χ2v) is 4.08. The average molecular weight is 215 g/mol. The summed E-state index contributed by atoms with van der Waals surface area (Å²) < 4.78 is 4.91. The van der Waals surface area contributed by atoms with E-state index in [4.69, 9.17) is 4.74 Å². The lowest BCUT2D eigenvalue weighted by atomic mass is 9.98. The van der Waals surface area contributed by atoms with Crippen LogP contribution in [0.25, 0.3) is 0 Å². The zero-order chi connectivity index (χ0) is 11.3. The lowest BCUT2D eigenvalue weighted by Gasteiger charge is -2.36. The van der Waals surface area contributed by atoms with Crippen LogP contribution in [0.2, 0.25) is 0 Å². The smallest absolute Gasteiger partial charge is 0.320 e. The highest BCUT2D eigenvalue weighted by molar-refractivity contribution is 5.71. The zero-order valence-electron chi connectivity index (χ0n) is 9.61. The monoisotopic (exact) mass is 215 g/mol. The molecular formula is C11H21NO3. The molecule has 4 nitrogen and oxygen atoms in total. The molecule has 2 unspecified atom stereocenters. The number of ether oxygens (including phenoxy) is 1. The molecule has 1 rings (SSSR count). The molecule has 0 saturated carbocycles. The highest BCUT2D eigenvalue weighted by Gasteiger charge is 2.27. The first-order valence-electron chi connectivity index (χ1n) is 5.73. The van der Waals surface area contributed by atoms with E-state index in [9.17, 15) is 9.90 Å². The van der Waals surface area contributed by atoms with E-state index in [2.05, 4.69) is 0 Å². The number of hydrogen-bond donors (Lipinski definition) is 1. The fourth-order valence-corrected chi connectivity index (χ4v) is 2.13. The number of esters is 1. The number of rotatable bonds is 4. The Labute approximate surface area is 91.2 Å². The lowest BCUT2D eigenvalue weighted by molar-refractivity contribution is -0.146. The molecule has 15 heavy (non-hydrogen) atoms. The summed E-state index contributed by atoms with van der Waals surface area (Å²) in [6.45, 7) is 5.21. The average Bonchev–Trinajstić information content (AvgIpc) is 2.18. The van der Waals surface area contributed by atoms with Crippen LogP contribution in [0.1, 0.15) is 33.1 Å². The predicted octanol–water partition coefficient (Wildman–Crippen LogP) is 0.785. The number of nitrogens with zero attached hydrogens (tertiary/aromatic N) is 1. The van der Waals surface area contributed by atoms with Gasteiger partial charge in [0.05, 0.1) is 19.3 Å². The third-order valence-corrected chi connectivity index (χ3v) is 2.86. The summed E-state index contributed by atoms with van der Waals surface area (Å²) in [6.07, 6.45) is 2.83. The molecule has 1 N–H and O–H groups in total. The van der Waals surface area contributed by atoms with E-state index < -0.39 is 0 Å². The fourth-order valence-electron chi connectivity index (χ4n) is 2.13. The zero-order valence-corrected chi connectivity index (χ0v) is 9.61. The standard InChI is InChI=1S/C11H21NO3/c1-3-15-11(14)8-12-7-5-4-6-10(12)9(2)13/h9-10,13H,3-8H2,1-2H3. The molecule has 88 valence electrons. The van der Waals surface area contributed by atoms with Crippen molar-refractivity contribution in [3.8, 4) is 0 Å². The van der Waals surface area contributed by atoms with Crippen molar-refractivity contribution in [3.05, 3.63) is 0 Å². The molecule has 1 aliphatic rings. The maximum Gasteiger partial charge on any atom is 0.320 e. The van der Waals surface area contributed by atoms with Crippen LogP contribution in [0.4, 0.5) is 0 Å². The fraction of sp³-hybridized carbons (Fsp3) is 0.909. The van der Waals surface area contributed by atoms with Gasteiger partial charge >= 0.3 is 5.97 Å². The van der Waals surface area contributed by atoms with Crippen molar-refractivity contribution in [1.82, 2.24) is 4.90 Å². The topological polar surface area (TPSA) is 49.8 Å². The maximum absolute atomic E-state index is 11.3. The molecule has 0 aliphatic carbocycles. The van der Waals surface area contributed by atoms with Gasteiger partial charge in [0.25, 0.3) is 0 Å². The van der Waals surface area contributed by atoms with Gasteiger partial charge in [-0.2, -0.15) is 0 Å². The van der Waals surface area contributed by atoms with Crippen LogP contribution in [-0.4, -0.2) is 47.8 Å². The van der Waals surface area contributed by atoms with Crippen molar-refractivity contribution in [2.45, 2.75) is 45.3 Å². The molecule has 4 heteroatoms. The quantitative estimate of drug-likeness (QED) is 0.704. The molecular weight excluding hydrogens is 194 g/mol. The second-order valence-electron chi connectivity index (χ2n) is 4.08. The normalized spacial score (nSPS) is 24.9. The first kappa shape index (κ1) is 12.5. The van der Waals surface area contributed by atoms with Gasteiger partial charge in [0.2, 0.25) is 0 Å². The van der Waals surface area contributed by atoms with E-state index in [1.165, 1.54) is 0 Å². The van der Waals surface area contributed by atoms with E-state index >= 15 is 0 Å². The van der Waals surface area contributed by atoms with Gasteiger partial charge in [-0.05, 0) is 33.2 Å². The van der Waals surface area contributed by atoms with Crippen molar-refractivity contribution >= 4 is 5.97 Å².